The van der Waals surface area contributed by atoms with Crippen molar-refractivity contribution in [2.45, 2.75) is 12.2 Å². The minimum atomic E-state index is -0.917. The Kier molecular flexibility index (Phi) is 1.98. The summed E-state index contributed by atoms with van der Waals surface area (Å²) >= 11 is 5.68. The van der Waals surface area contributed by atoms with E-state index in [0.717, 1.165) is 5.56 Å². The van der Waals surface area contributed by atoms with Gasteiger partial charge in [-0.2, -0.15) is 0 Å². The van der Waals surface area contributed by atoms with E-state index in [4.69, 9.17) is 21.4 Å². The highest BCUT2D eigenvalue weighted by atomic mass is 35.5. The van der Waals surface area contributed by atoms with E-state index >= 15 is 0 Å². The summed E-state index contributed by atoms with van der Waals surface area (Å²) in [4.78, 5) is 10.5. The number of carboxylic acids is 1. The van der Waals surface area contributed by atoms with Gasteiger partial charge in [0.15, 0.2) is 6.10 Å². The molecule has 13 heavy (non-hydrogen) atoms. The Morgan fingerprint density at radius 2 is 2.00 bits per heavy atom. The second kappa shape index (κ2) is 3.01. The first kappa shape index (κ1) is 8.53. The summed E-state index contributed by atoms with van der Waals surface area (Å²) in [5.41, 5.74) is 0.858. The smallest absolute Gasteiger partial charge is 0.335 e. The fraction of sp³-hybridized carbons (Fsp3) is 0.222. The first-order valence-corrected chi connectivity index (χ1v) is 4.20. The topological polar surface area (TPSA) is 49.8 Å². The molecule has 1 fully saturated rings. The number of carboxylic acid groups (broad SMARTS) is 1. The Morgan fingerprint density at radius 1 is 1.38 bits per heavy atom. The van der Waals surface area contributed by atoms with Gasteiger partial charge in [-0.05, 0) is 17.7 Å². The molecule has 0 aromatic heterocycles. The molecule has 1 aliphatic rings. The lowest BCUT2D eigenvalue weighted by Crippen LogP contribution is -2.04. The molecule has 1 aliphatic heterocycles. The molecule has 1 aromatic rings. The van der Waals surface area contributed by atoms with Crippen LogP contribution in [-0.2, 0) is 9.53 Å². The fourth-order valence-corrected chi connectivity index (χ4v) is 1.33. The molecule has 4 heteroatoms. The Labute approximate surface area is 79.9 Å². The third-order valence-corrected chi connectivity index (χ3v) is 2.19. The van der Waals surface area contributed by atoms with Crippen LogP contribution in [0.5, 0.6) is 0 Å². The molecule has 1 aromatic carbocycles. The summed E-state index contributed by atoms with van der Waals surface area (Å²) in [5.74, 6) is -0.917. The highest BCUT2D eigenvalue weighted by Gasteiger charge is 2.46. The number of benzene rings is 1. The standard InChI is InChI=1S/C9H7ClO3/c10-6-3-1-5(2-4-6)7-8(13-7)9(11)12/h1-4,7-8H,(H,11,12)/t7-,8-/m1/s1. The molecule has 0 amide bonds. The molecule has 2 atom stereocenters. The maximum absolute atomic E-state index is 10.5. The van der Waals surface area contributed by atoms with Crippen LogP contribution in [0.25, 0.3) is 0 Å². The zero-order valence-corrected chi connectivity index (χ0v) is 7.36. The lowest BCUT2D eigenvalue weighted by molar-refractivity contribution is -0.138. The van der Waals surface area contributed by atoms with Gasteiger partial charge in [-0.3, -0.25) is 0 Å². The average molecular weight is 199 g/mol. The van der Waals surface area contributed by atoms with E-state index in [1.54, 1.807) is 24.3 Å². The molecular formula is C9H7ClO3. The summed E-state index contributed by atoms with van der Waals surface area (Å²) < 4.78 is 4.96. The highest BCUT2D eigenvalue weighted by molar-refractivity contribution is 6.30. The van der Waals surface area contributed by atoms with Crippen LogP contribution in [0, 0.1) is 0 Å². The quantitative estimate of drug-likeness (QED) is 0.738. The zero-order chi connectivity index (χ0) is 9.42. The maximum atomic E-state index is 10.5. The molecule has 1 heterocycles. The van der Waals surface area contributed by atoms with Crippen molar-refractivity contribution in [3.05, 3.63) is 34.9 Å². The van der Waals surface area contributed by atoms with Crippen LogP contribution < -0.4 is 0 Å². The van der Waals surface area contributed by atoms with E-state index in [0.29, 0.717) is 5.02 Å². The second-order valence-electron chi connectivity index (χ2n) is 2.87. The summed E-state index contributed by atoms with van der Waals surface area (Å²) in [7, 11) is 0. The average Bonchev–Trinajstić information content (AvgIpc) is 2.85. The lowest BCUT2D eigenvalue weighted by atomic mass is 10.1. The zero-order valence-electron chi connectivity index (χ0n) is 6.61. The number of epoxide rings is 1. The van der Waals surface area contributed by atoms with Crippen molar-refractivity contribution in [2.24, 2.45) is 0 Å². The first-order chi connectivity index (χ1) is 6.18. The number of hydrogen-bond acceptors (Lipinski definition) is 2. The van der Waals surface area contributed by atoms with Gasteiger partial charge < -0.3 is 9.84 Å². The van der Waals surface area contributed by atoms with E-state index in [2.05, 4.69) is 0 Å². The molecule has 68 valence electrons. The van der Waals surface area contributed by atoms with Gasteiger partial charge in [0.05, 0.1) is 0 Å². The molecule has 0 aliphatic carbocycles. The Bertz CT molecular complexity index is 333. The molecule has 0 bridgehead atoms. The fourth-order valence-electron chi connectivity index (χ4n) is 1.21. The number of carbonyl (C=O) groups is 1. The minimum absolute atomic E-state index is 0.297. The monoisotopic (exact) mass is 198 g/mol. The van der Waals surface area contributed by atoms with Crippen molar-refractivity contribution in [3.63, 3.8) is 0 Å². The molecular weight excluding hydrogens is 192 g/mol. The van der Waals surface area contributed by atoms with E-state index in [1.165, 1.54) is 0 Å². The molecule has 0 spiro atoms. The predicted molar refractivity (Wildman–Crippen MR) is 46.7 cm³/mol. The van der Waals surface area contributed by atoms with Crippen molar-refractivity contribution in [3.8, 4) is 0 Å². The van der Waals surface area contributed by atoms with Crippen LogP contribution in [-0.4, -0.2) is 17.2 Å². The summed E-state index contributed by atoms with van der Waals surface area (Å²) in [6.07, 6.45) is -0.976. The molecule has 1 N–H and O–H groups in total. The van der Waals surface area contributed by atoms with Gasteiger partial charge in [0.2, 0.25) is 0 Å². The van der Waals surface area contributed by atoms with E-state index < -0.39 is 12.1 Å². The van der Waals surface area contributed by atoms with Crippen LogP contribution in [0.4, 0.5) is 0 Å². The van der Waals surface area contributed by atoms with Gasteiger partial charge in [-0.1, -0.05) is 23.7 Å². The predicted octanol–water partition coefficient (Wildman–Crippen LogP) is 1.86. The molecule has 0 saturated carbocycles. The van der Waals surface area contributed by atoms with Gasteiger partial charge in [0, 0.05) is 5.02 Å². The minimum Gasteiger partial charge on any atom is -0.479 e. The molecule has 1 saturated heterocycles. The maximum Gasteiger partial charge on any atom is 0.335 e. The normalized spacial score (nSPS) is 25.6. The van der Waals surface area contributed by atoms with Crippen molar-refractivity contribution in [1.29, 1.82) is 0 Å². The first-order valence-electron chi connectivity index (χ1n) is 3.82. The van der Waals surface area contributed by atoms with Crippen molar-refractivity contribution >= 4 is 17.6 Å². The van der Waals surface area contributed by atoms with Crippen molar-refractivity contribution < 1.29 is 14.6 Å². The third-order valence-electron chi connectivity index (χ3n) is 1.93. The molecule has 0 radical (unpaired) electrons. The van der Waals surface area contributed by atoms with Gasteiger partial charge in [0.1, 0.15) is 6.10 Å². The molecule has 3 nitrogen and oxygen atoms in total. The van der Waals surface area contributed by atoms with E-state index in [-0.39, 0.29) is 6.10 Å². The van der Waals surface area contributed by atoms with Crippen molar-refractivity contribution in [2.75, 3.05) is 0 Å². The Balaban J connectivity index is 2.12. The molecule has 0 unspecified atom stereocenters. The number of hydrogen-bond donors (Lipinski definition) is 1. The van der Waals surface area contributed by atoms with Crippen LogP contribution >= 0.6 is 11.6 Å². The largest absolute Gasteiger partial charge is 0.479 e. The number of aliphatic carboxylic acids is 1. The SMILES string of the molecule is O=C(O)[C@@H]1O[C@@H]1c1ccc(Cl)cc1. The van der Waals surface area contributed by atoms with Gasteiger partial charge in [-0.15, -0.1) is 0 Å². The second-order valence-corrected chi connectivity index (χ2v) is 3.30. The van der Waals surface area contributed by atoms with Crippen LogP contribution in [0.3, 0.4) is 0 Å². The van der Waals surface area contributed by atoms with Gasteiger partial charge in [0.25, 0.3) is 0 Å². The van der Waals surface area contributed by atoms with Crippen LogP contribution in [0.2, 0.25) is 5.02 Å². The van der Waals surface area contributed by atoms with Gasteiger partial charge in [-0.25, -0.2) is 4.79 Å². The van der Waals surface area contributed by atoms with E-state index in [9.17, 15) is 4.79 Å². The number of rotatable bonds is 2. The van der Waals surface area contributed by atoms with E-state index in [1.807, 2.05) is 0 Å². The highest BCUT2D eigenvalue weighted by Crippen LogP contribution is 2.38. The summed E-state index contributed by atoms with van der Waals surface area (Å²) in [6, 6.07) is 6.99. The van der Waals surface area contributed by atoms with Crippen LogP contribution in [0.1, 0.15) is 11.7 Å². The number of halogens is 1. The Morgan fingerprint density at radius 3 is 2.46 bits per heavy atom. The Hall–Kier alpha value is -1.06. The number of ether oxygens (including phenoxy) is 1. The summed E-state index contributed by atoms with van der Waals surface area (Å²) in [5, 5.41) is 9.22. The van der Waals surface area contributed by atoms with Crippen LogP contribution in [0.15, 0.2) is 24.3 Å². The third kappa shape index (κ3) is 1.66. The molecule has 2 rings (SSSR count). The van der Waals surface area contributed by atoms with Crippen molar-refractivity contribution in [1.82, 2.24) is 0 Å². The van der Waals surface area contributed by atoms with Gasteiger partial charge >= 0.3 is 5.97 Å². The lowest BCUT2D eigenvalue weighted by Gasteiger charge is -1.94. The summed E-state index contributed by atoms with van der Waals surface area (Å²) in [6.45, 7) is 0.